The fraction of sp³-hybridized carbons (Fsp3) is 0.667. The van der Waals surface area contributed by atoms with Crippen molar-refractivity contribution in [1.82, 2.24) is 4.90 Å². The quantitative estimate of drug-likeness (QED) is 0.633. The van der Waals surface area contributed by atoms with Crippen LogP contribution >= 0.6 is 0 Å². The van der Waals surface area contributed by atoms with E-state index in [2.05, 4.69) is 4.90 Å². The number of carbonyl (C=O) groups is 1. The first-order valence-corrected chi connectivity index (χ1v) is 10.2. The van der Waals surface area contributed by atoms with Crippen LogP contribution in [0, 0.1) is 5.92 Å². The van der Waals surface area contributed by atoms with Crippen molar-refractivity contribution in [2.24, 2.45) is 17.4 Å². The number of piperidine rings is 1. The van der Waals surface area contributed by atoms with Crippen LogP contribution in [0.25, 0.3) is 0 Å². The largest absolute Gasteiger partial charge is 0.507 e. The lowest BCUT2D eigenvalue weighted by Crippen LogP contribution is -2.74. The van der Waals surface area contributed by atoms with Crippen molar-refractivity contribution in [3.8, 4) is 5.75 Å². The molecule has 4 atom stereocenters. The molecule has 1 saturated heterocycles. The van der Waals surface area contributed by atoms with Crippen molar-refractivity contribution < 1.29 is 15.0 Å². The Morgan fingerprint density at radius 2 is 2.04 bits per heavy atom. The van der Waals surface area contributed by atoms with E-state index in [9.17, 15) is 15.0 Å². The molecule has 0 radical (unpaired) electrons. The molecule has 2 bridgehead atoms. The summed E-state index contributed by atoms with van der Waals surface area (Å²) in [5.41, 5.74) is 12.2. The highest BCUT2D eigenvalue weighted by Gasteiger charge is 2.65. The van der Waals surface area contributed by atoms with E-state index in [0.29, 0.717) is 19.3 Å². The van der Waals surface area contributed by atoms with Crippen molar-refractivity contribution in [2.75, 3.05) is 13.1 Å². The molecule has 0 aromatic heterocycles. The summed E-state index contributed by atoms with van der Waals surface area (Å²) in [6.45, 7) is 1.95. The van der Waals surface area contributed by atoms with Gasteiger partial charge < -0.3 is 21.7 Å². The Morgan fingerprint density at radius 3 is 2.74 bits per heavy atom. The van der Waals surface area contributed by atoms with Crippen molar-refractivity contribution >= 4 is 5.91 Å². The second-order valence-corrected chi connectivity index (χ2v) is 9.28. The third-order valence-corrected chi connectivity index (χ3v) is 7.76. The minimum absolute atomic E-state index is 0.0107. The molecule has 5 rings (SSSR count). The third kappa shape index (κ3) is 2.33. The zero-order chi connectivity index (χ0) is 19.0. The van der Waals surface area contributed by atoms with Gasteiger partial charge in [0.25, 0.3) is 5.91 Å². The van der Waals surface area contributed by atoms with Crippen LogP contribution in [0.2, 0.25) is 0 Å². The predicted octanol–water partition coefficient (Wildman–Crippen LogP) is 1.01. The first-order chi connectivity index (χ1) is 12.9. The highest BCUT2D eigenvalue weighted by molar-refractivity contribution is 5.96. The van der Waals surface area contributed by atoms with Gasteiger partial charge in [-0.25, -0.2) is 0 Å². The van der Waals surface area contributed by atoms with E-state index in [4.69, 9.17) is 11.5 Å². The topological polar surface area (TPSA) is 113 Å². The van der Waals surface area contributed by atoms with Crippen molar-refractivity contribution in [3.05, 3.63) is 28.8 Å². The second-order valence-electron chi connectivity index (χ2n) is 9.28. The minimum Gasteiger partial charge on any atom is -0.507 e. The molecule has 6 nitrogen and oxygen atoms in total. The number of nitrogens with two attached hydrogens (primary N) is 2. The monoisotopic (exact) mass is 371 g/mol. The number of hydrogen-bond donors (Lipinski definition) is 4. The van der Waals surface area contributed by atoms with E-state index in [1.165, 1.54) is 12.8 Å². The molecule has 0 spiro atoms. The standard InChI is InChI=1S/C21H29N3O3/c22-14-5-6-21(27)16-9-13-3-4-15(19(23)26)18(25)17(13)20(21,10-14)7-8-24(16)11-12-1-2-12/h3-4,12,14,16,25,27H,1-2,5-11,22H2,(H2,23,26)/t14?,16-,20-,21-/m1/s1. The number of fused-ring (bicyclic) bond motifs is 1. The lowest BCUT2D eigenvalue weighted by atomic mass is 9.48. The van der Waals surface area contributed by atoms with Gasteiger partial charge in [0.15, 0.2) is 0 Å². The first kappa shape index (κ1) is 17.5. The molecule has 3 aliphatic carbocycles. The molecule has 1 amide bonds. The summed E-state index contributed by atoms with van der Waals surface area (Å²) in [7, 11) is 0. The number of likely N-dealkylation sites (tertiary alicyclic amines) is 1. The van der Waals surface area contributed by atoms with Crippen LogP contribution in [0.15, 0.2) is 12.1 Å². The summed E-state index contributed by atoms with van der Waals surface area (Å²) >= 11 is 0. The smallest absolute Gasteiger partial charge is 0.252 e. The Labute approximate surface area is 159 Å². The highest BCUT2D eigenvalue weighted by Crippen LogP contribution is 2.60. The molecule has 27 heavy (non-hydrogen) atoms. The van der Waals surface area contributed by atoms with Crippen molar-refractivity contribution in [1.29, 1.82) is 0 Å². The summed E-state index contributed by atoms with van der Waals surface area (Å²) in [6.07, 6.45) is 6.09. The molecule has 1 unspecified atom stereocenters. The van der Waals surface area contributed by atoms with Crippen LogP contribution in [-0.4, -0.2) is 51.8 Å². The van der Waals surface area contributed by atoms with Gasteiger partial charge in [0.1, 0.15) is 5.75 Å². The van der Waals surface area contributed by atoms with Gasteiger partial charge in [-0.1, -0.05) is 6.07 Å². The fourth-order valence-corrected chi connectivity index (χ4v) is 6.30. The van der Waals surface area contributed by atoms with Crippen LogP contribution in [0.5, 0.6) is 5.75 Å². The number of benzene rings is 1. The van der Waals surface area contributed by atoms with Crippen LogP contribution in [0.1, 0.15) is 60.0 Å². The number of primary amides is 1. The Balaban J connectivity index is 1.68. The molecule has 1 aliphatic heterocycles. The van der Waals surface area contributed by atoms with E-state index >= 15 is 0 Å². The summed E-state index contributed by atoms with van der Waals surface area (Å²) < 4.78 is 0. The van der Waals surface area contributed by atoms with Gasteiger partial charge in [-0.15, -0.1) is 0 Å². The Morgan fingerprint density at radius 1 is 1.26 bits per heavy atom. The van der Waals surface area contributed by atoms with Gasteiger partial charge in [-0.3, -0.25) is 9.69 Å². The third-order valence-electron chi connectivity index (χ3n) is 7.76. The average Bonchev–Trinajstić information content (AvgIpc) is 3.42. The molecule has 1 aromatic rings. The van der Waals surface area contributed by atoms with Gasteiger partial charge in [-0.2, -0.15) is 0 Å². The Kier molecular flexibility index (Phi) is 3.68. The zero-order valence-electron chi connectivity index (χ0n) is 15.7. The predicted molar refractivity (Wildman–Crippen MR) is 101 cm³/mol. The average molecular weight is 371 g/mol. The van der Waals surface area contributed by atoms with Crippen LogP contribution in [-0.2, 0) is 11.8 Å². The van der Waals surface area contributed by atoms with Crippen molar-refractivity contribution in [2.45, 2.75) is 68.0 Å². The molecule has 3 fully saturated rings. The van der Waals surface area contributed by atoms with Gasteiger partial charge in [-0.05, 0) is 69.0 Å². The molecule has 146 valence electrons. The molecule has 1 aromatic carbocycles. The van der Waals surface area contributed by atoms with Crippen LogP contribution in [0.4, 0.5) is 0 Å². The summed E-state index contributed by atoms with van der Waals surface area (Å²) in [5.74, 6) is 0.0873. The molecule has 1 heterocycles. The fourth-order valence-electron chi connectivity index (χ4n) is 6.30. The Bertz CT molecular complexity index is 808. The summed E-state index contributed by atoms with van der Waals surface area (Å²) in [4.78, 5) is 14.3. The normalized spacial score (nSPS) is 38.1. The number of rotatable bonds is 3. The van der Waals surface area contributed by atoms with E-state index in [1.807, 2.05) is 6.07 Å². The number of hydrogen-bond acceptors (Lipinski definition) is 5. The molecule has 4 aliphatic rings. The number of aromatic hydroxyl groups is 1. The number of phenols is 1. The summed E-state index contributed by atoms with van der Waals surface area (Å²) in [6, 6.07) is 3.58. The number of nitrogens with zero attached hydrogens (tertiary/aromatic N) is 1. The molecular formula is C21H29N3O3. The molecule has 6 N–H and O–H groups in total. The van der Waals surface area contributed by atoms with Gasteiger partial charge in [0, 0.05) is 29.6 Å². The van der Waals surface area contributed by atoms with E-state index in [0.717, 1.165) is 43.0 Å². The highest BCUT2D eigenvalue weighted by atomic mass is 16.3. The SMILES string of the molecule is NC(=O)c1ccc2c(c1O)[C@]13CCN(CC4CC4)[C@H](C2)[C@]1(O)CCC(N)C3. The van der Waals surface area contributed by atoms with Crippen molar-refractivity contribution in [3.63, 3.8) is 0 Å². The molecule has 6 heteroatoms. The number of aliphatic hydroxyl groups is 1. The van der Waals surface area contributed by atoms with Crippen LogP contribution in [0.3, 0.4) is 0 Å². The van der Waals surface area contributed by atoms with E-state index < -0.39 is 16.9 Å². The number of amides is 1. The lowest BCUT2D eigenvalue weighted by molar-refractivity contribution is -0.169. The van der Waals surface area contributed by atoms with E-state index in [-0.39, 0.29) is 23.4 Å². The van der Waals surface area contributed by atoms with Gasteiger partial charge in [0.05, 0.1) is 11.2 Å². The Hall–Kier alpha value is -1.63. The summed E-state index contributed by atoms with van der Waals surface area (Å²) in [5, 5.41) is 23.1. The maximum Gasteiger partial charge on any atom is 0.252 e. The lowest BCUT2D eigenvalue weighted by Gasteiger charge is -2.64. The maximum atomic E-state index is 12.1. The van der Waals surface area contributed by atoms with E-state index in [1.54, 1.807) is 6.07 Å². The zero-order valence-corrected chi connectivity index (χ0v) is 15.7. The minimum atomic E-state index is -0.920. The number of carbonyl (C=O) groups excluding carboxylic acids is 1. The van der Waals surface area contributed by atoms with Crippen LogP contribution < -0.4 is 11.5 Å². The van der Waals surface area contributed by atoms with Gasteiger partial charge in [0.2, 0.25) is 0 Å². The van der Waals surface area contributed by atoms with Gasteiger partial charge >= 0.3 is 0 Å². The molecule has 2 saturated carbocycles. The first-order valence-electron chi connectivity index (χ1n) is 10.2. The second kappa shape index (κ2) is 5.69. The molecular weight excluding hydrogens is 342 g/mol. The maximum absolute atomic E-state index is 12.1.